The summed E-state index contributed by atoms with van der Waals surface area (Å²) >= 11 is 0. The summed E-state index contributed by atoms with van der Waals surface area (Å²) in [6.45, 7) is 3.63. The molecule has 1 aliphatic rings. The van der Waals surface area contributed by atoms with Gasteiger partial charge in [0.05, 0.1) is 48.0 Å². The van der Waals surface area contributed by atoms with Crippen LogP contribution in [-0.4, -0.2) is 37.8 Å². The van der Waals surface area contributed by atoms with E-state index in [0.717, 1.165) is 23.3 Å². The minimum absolute atomic E-state index is 0.0156. The molecule has 0 fully saturated rings. The van der Waals surface area contributed by atoms with Gasteiger partial charge in [0.2, 0.25) is 0 Å². The fourth-order valence-corrected chi connectivity index (χ4v) is 5.13. The third-order valence-electron chi connectivity index (χ3n) is 7.21. The SMILES string of the molecule is CCOC(=O)CC1(c2onc(C)c2C(O)c2cn(Cc3cccc(C(F)(F)F)c3)nn2)C=CC(c2ccccc2)=CC1. The molecule has 4 aromatic rings. The maximum Gasteiger partial charge on any atom is 0.416 e. The van der Waals surface area contributed by atoms with Crippen molar-refractivity contribution in [2.24, 2.45) is 0 Å². The van der Waals surface area contributed by atoms with E-state index in [4.69, 9.17) is 9.26 Å². The van der Waals surface area contributed by atoms with Crippen LogP contribution < -0.4 is 0 Å². The van der Waals surface area contributed by atoms with Crippen LogP contribution in [0.1, 0.15) is 65.3 Å². The first-order valence-corrected chi connectivity index (χ1v) is 13.4. The van der Waals surface area contributed by atoms with Gasteiger partial charge >= 0.3 is 12.1 Å². The average molecular weight is 579 g/mol. The Bertz CT molecular complexity index is 1620. The second-order valence-electron chi connectivity index (χ2n) is 10.2. The van der Waals surface area contributed by atoms with Gasteiger partial charge in [-0.05, 0) is 49.1 Å². The number of allylic oxidation sites excluding steroid dienone is 4. The Morgan fingerprint density at radius 1 is 1.19 bits per heavy atom. The van der Waals surface area contributed by atoms with Gasteiger partial charge in [0, 0.05) is 0 Å². The summed E-state index contributed by atoms with van der Waals surface area (Å²) < 4.78 is 51.8. The van der Waals surface area contributed by atoms with Crippen molar-refractivity contribution in [3.05, 3.63) is 118 Å². The van der Waals surface area contributed by atoms with Crippen molar-refractivity contribution in [3.8, 4) is 0 Å². The molecule has 11 heteroatoms. The Kier molecular flexibility index (Phi) is 8.13. The van der Waals surface area contributed by atoms with Gasteiger partial charge in [0.25, 0.3) is 0 Å². The molecule has 2 unspecified atom stereocenters. The van der Waals surface area contributed by atoms with Crippen LogP contribution >= 0.6 is 0 Å². The highest BCUT2D eigenvalue weighted by atomic mass is 19.4. The number of rotatable bonds is 9. The molecule has 0 aliphatic heterocycles. The highest BCUT2D eigenvalue weighted by Gasteiger charge is 2.42. The molecule has 5 rings (SSSR count). The molecule has 0 bridgehead atoms. The van der Waals surface area contributed by atoms with Crippen molar-refractivity contribution in [3.63, 3.8) is 0 Å². The smallest absolute Gasteiger partial charge is 0.416 e. The maximum absolute atomic E-state index is 13.1. The van der Waals surface area contributed by atoms with Crippen LogP contribution in [-0.2, 0) is 27.7 Å². The molecule has 8 nitrogen and oxygen atoms in total. The number of hydrogen-bond donors (Lipinski definition) is 1. The zero-order chi connectivity index (χ0) is 29.9. The quantitative estimate of drug-likeness (QED) is 0.245. The molecule has 2 atom stereocenters. The minimum atomic E-state index is -4.47. The minimum Gasteiger partial charge on any atom is -0.466 e. The number of benzene rings is 2. The van der Waals surface area contributed by atoms with Gasteiger partial charge < -0.3 is 14.4 Å². The van der Waals surface area contributed by atoms with Crippen LogP contribution in [0.15, 0.2) is 83.5 Å². The van der Waals surface area contributed by atoms with Crippen LogP contribution in [0.3, 0.4) is 0 Å². The van der Waals surface area contributed by atoms with Crippen molar-refractivity contribution in [2.45, 2.75) is 50.9 Å². The first kappa shape index (κ1) is 29.0. The molecule has 2 aromatic carbocycles. The molecule has 218 valence electrons. The van der Waals surface area contributed by atoms with Crippen molar-refractivity contribution in [1.82, 2.24) is 20.2 Å². The highest BCUT2D eigenvalue weighted by molar-refractivity contribution is 5.78. The Labute approximate surface area is 240 Å². The summed E-state index contributed by atoms with van der Waals surface area (Å²) in [7, 11) is 0. The van der Waals surface area contributed by atoms with E-state index in [0.29, 0.717) is 29.0 Å². The van der Waals surface area contributed by atoms with Crippen molar-refractivity contribution in [1.29, 1.82) is 0 Å². The summed E-state index contributed by atoms with van der Waals surface area (Å²) in [4.78, 5) is 12.8. The van der Waals surface area contributed by atoms with E-state index in [1.165, 1.54) is 16.9 Å². The first-order chi connectivity index (χ1) is 20.1. The molecule has 1 aliphatic carbocycles. The van der Waals surface area contributed by atoms with E-state index in [2.05, 4.69) is 15.5 Å². The number of carbonyl (C=O) groups is 1. The molecule has 0 saturated heterocycles. The largest absolute Gasteiger partial charge is 0.466 e. The number of alkyl halides is 3. The van der Waals surface area contributed by atoms with Crippen molar-refractivity contribution in [2.75, 3.05) is 6.61 Å². The van der Waals surface area contributed by atoms with Gasteiger partial charge in [-0.15, -0.1) is 5.10 Å². The second-order valence-corrected chi connectivity index (χ2v) is 10.2. The van der Waals surface area contributed by atoms with Gasteiger partial charge in [0.15, 0.2) is 5.76 Å². The Balaban J connectivity index is 1.45. The third-order valence-corrected chi connectivity index (χ3v) is 7.21. The average Bonchev–Trinajstić information content (AvgIpc) is 3.60. The molecule has 2 heterocycles. The van der Waals surface area contributed by atoms with Crippen LogP contribution in [0.2, 0.25) is 0 Å². The monoisotopic (exact) mass is 578 g/mol. The number of nitrogens with zero attached hydrogens (tertiary/aromatic N) is 4. The first-order valence-electron chi connectivity index (χ1n) is 13.4. The second kappa shape index (κ2) is 11.8. The van der Waals surface area contributed by atoms with Gasteiger partial charge in [-0.1, -0.05) is 71.1 Å². The van der Waals surface area contributed by atoms with Crippen molar-refractivity contribution >= 4 is 11.5 Å². The molecule has 1 N–H and O–H groups in total. The van der Waals surface area contributed by atoms with Gasteiger partial charge in [-0.2, -0.15) is 13.2 Å². The molecular formula is C31H29F3N4O4. The number of hydrogen-bond acceptors (Lipinski definition) is 7. The number of ether oxygens (including phenoxy) is 1. The summed E-state index contributed by atoms with van der Waals surface area (Å²) in [5.74, 6) is -0.132. The lowest BCUT2D eigenvalue weighted by Gasteiger charge is -2.30. The number of aryl methyl sites for hydroxylation is 1. The summed E-state index contributed by atoms with van der Waals surface area (Å²) in [6, 6.07) is 14.7. The normalized spacial score (nSPS) is 17.6. The Hall–Kier alpha value is -4.51. The lowest BCUT2D eigenvalue weighted by atomic mass is 9.72. The van der Waals surface area contributed by atoms with Gasteiger partial charge in [0.1, 0.15) is 11.8 Å². The number of esters is 1. The highest BCUT2D eigenvalue weighted by Crippen LogP contribution is 2.44. The number of aliphatic hydroxyl groups is 1. The molecule has 2 aromatic heterocycles. The zero-order valence-electron chi connectivity index (χ0n) is 23.0. The number of aliphatic hydroxyl groups excluding tert-OH is 1. The zero-order valence-corrected chi connectivity index (χ0v) is 23.0. The van der Waals surface area contributed by atoms with Crippen LogP contribution in [0.5, 0.6) is 0 Å². The standard InChI is InChI=1S/C31H29F3N4O4/c1-3-41-26(39)17-30(14-12-23(13-15-30)22-9-5-4-6-10-22)29-27(20(2)36-42-29)28(40)25-19-38(37-35-25)18-21-8-7-11-24(16-21)31(32,33)34/h4-14,16,19,28,40H,3,15,17-18H2,1-2H3. The van der Waals surface area contributed by atoms with E-state index in [9.17, 15) is 23.1 Å². The number of carbonyl (C=O) groups excluding carboxylic acids is 1. The van der Waals surface area contributed by atoms with E-state index < -0.39 is 29.2 Å². The molecular weight excluding hydrogens is 549 g/mol. The molecule has 42 heavy (non-hydrogen) atoms. The third kappa shape index (κ3) is 6.06. The summed E-state index contributed by atoms with van der Waals surface area (Å²) in [5.41, 5.74) is 1.51. The molecule has 0 saturated carbocycles. The lowest BCUT2D eigenvalue weighted by Crippen LogP contribution is -2.30. The lowest BCUT2D eigenvalue weighted by molar-refractivity contribution is -0.144. The maximum atomic E-state index is 13.1. The van der Waals surface area contributed by atoms with Crippen molar-refractivity contribution < 1.29 is 32.3 Å². The summed E-state index contributed by atoms with van der Waals surface area (Å²) in [6.07, 6.45) is 1.80. The predicted molar refractivity (Wildman–Crippen MR) is 147 cm³/mol. The number of halogens is 3. The van der Waals surface area contributed by atoms with E-state index >= 15 is 0 Å². The van der Waals surface area contributed by atoms with Crippen LogP contribution in [0, 0.1) is 6.92 Å². The predicted octanol–water partition coefficient (Wildman–Crippen LogP) is 5.96. The van der Waals surface area contributed by atoms with Crippen LogP contribution in [0.25, 0.3) is 5.57 Å². The Morgan fingerprint density at radius 2 is 1.98 bits per heavy atom. The van der Waals surface area contributed by atoms with Gasteiger partial charge in [-0.3, -0.25) is 4.79 Å². The molecule has 0 radical (unpaired) electrons. The van der Waals surface area contributed by atoms with Crippen LogP contribution in [0.4, 0.5) is 13.2 Å². The molecule has 0 spiro atoms. The van der Waals surface area contributed by atoms with E-state index in [1.807, 2.05) is 48.6 Å². The fourth-order valence-electron chi connectivity index (χ4n) is 5.13. The molecule has 0 amide bonds. The summed E-state index contributed by atoms with van der Waals surface area (Å²) in [5, 5.41) is 23.7. The van der Waals surface area contributed by atoms with E-state index in [1.54, 1.807) is 19.9 Å². The topological polar surface area (TPSA) is 103 Å². The number of aromatic nitrogens is 4. The van der Waals surface area contributed by atoms with E-state index in [-0.39, 0.29) is 25.3 Å². The van der Waals surface area contributed by atoms with Gasteiger partial charge in [-0.25, -0.2) is 4.68 Å². The fraction of sp³-hybridized carbons (Fsp3) is 0.290. The Morgan fingerprint density at radius 3 is 2.67 bits per heavy atom.